The van der Waals surface area contributed by atoms with E-state index in [0.717, 1.165) is 59.9 Å². The van der Waals surface area contributed by atoms with Gasteiger partial charge in [-0.3, -0.25) is 4.98 Å². The number of para-hydroxylation sites is 5. The summed E-state index contributed by atoms with van der Waals surface area (Å²) in [6.07, 6.45) is 27.7. The van der Waals surface area contributed by atoms with Crippen LogP contribution in [0.2, 0.25) is 0 Å². The SMILES string of the molecule is C.C1=CC2=CN3c4ccccc4CC3N2C=C1.C=C1Oc2ccccc2[C-]=C1c1ccccn1.CC(C)c1cccc(C(C)C)c1-n1cc[n+]2c1-c1ccccc1C2.[2H]c1c([2H])c([2H])c2c(c1[2H])C[n+]1c([2H])c([2H])c([2H])c([2H])c1-2.[Ir].[c-]1ccccc1-c1ccccn1.c1ccc2c(c1)C[n+]1c-2n(-c2cccc3ccccc23)c2ccccc21.c1ccc2c(c1)C[n+]1ccn(-c3cccc4ccccc34)c1-2. The van der Waals surface area contributed by atoms with Crippen LogP contribution in [0, 0.1) is 12.1 Å². The third kappa shape index (κ3) is 16.7. The summed E-state index contributed by atoms with van der Waals surface area (Å²) in [5.41, 5.74) is 26.7. The molecule has 0 spiro atoms. The maximum Gasteiger partial charge on any atom is 0.295 e. The quantitative estimate of drug-likeness (QED) is 0.117. The van der Waals surface area contributed by atoms with Gasteiger partial charge >= 0.3 is 0 Å². The second-order valence-electron chi connectivity index (χ2n) is 33.4. The first-order chi connectivity index (χ1) is 67.4. The van der Waals surface area contributed by atoms with Gasteiger partial charge in [0, 0.05) is 119 Å². The van der Waals surface area contributed by atoms with Crippen molar-refractivity contribution in [2.75, 3.05) is 4.90 Å². The van der Waals surface area contributed by atoms with E-state index < -0.39 is 12.1 Å². The smallest absolute Gasteiger partial charge is 0.295 e. The zero-order valence-electron chi connectivity index (χ0n) is 80.9. The van der Waals surface area contributed by atoms with Crippen molar-refractivity contribution < 1.29 is 54.1 Å². The van der Waals surface area contributed by atoms with Gasteiger partial charge in [-0.15, -0.1) is 48.0 Å². The Hall–Kier alpha value is -15.5. The van der Waals surface area contributed by atoms with E-state index in [1.54, 1.807) is 12.4 Å². The molecule has 0 bridgehead atoms. The summed E-state index contributed by atoms with van der Waals surface area (Å²) in [6, 6.07) is 109. The second kappa shape index (κ2) is 38.0. The summed E-state index contributed by atoms with van der Waals surface area (Å²) in [5.74, 6) is 6.22. The minimum Gasteiger partial charge on any atom is -0.527 e. The standard InChI is InChI=1S/C24H17N2.C22H25N2.C20H15N2.C15H10NO.C14H12N2.C12H10N.C11H8N.CH4.Ir/c1-3-11-19-17(8-1)10-7-15-21(19)26-23-14-6-5-13-22(23)25-16-18-9-2-4-12-20(18)24(25)26;1-15(2)18-10-7-11-19(16(3)4)21(18)24-13-12-23-14-17-8-5-6-9-20(17)22(23)24;1-3-9-17-15(6-1)8-5-11-19(17)22-13-12-21-14-16-7-2-4-10-18(16)20(21)22;1-11-13(14-7-4-5-9-16-14)10-12-6-2-3-8-15(12)17-11;1-2-7-13-11(5-1)9-14-15-8-4-3-6-12(15)10-16(13)14;1-2-6-11-10(5-1)9-13-8-4-3-7-12(11)13;1-2-6-10(7-3-1)11-8-4-5-9-12-11;;/h1-15H,16H2;5-13,15-16H,14H2,1-4H3;1-13H,14H2;2-9H,1H2;1-8,10,14H,9H2;1-8H,9H2;1-6,8-9H;1H4;/q3*+1;-1;;+1;-1;;/i;;;;;1D,2D,3D,4D,5D,6D,7D,8D;;;. The number of imidazole rings is 3. The number of pyridine rings is 3. The predicted molar refractivity (Wildman–Crippen MR) is 529 cm³/mol. The van der Waals surface area contributed by atoms with Crippen molar-refractivity contribution in [2.45, 2.75) is 85.7 Å². The van der Waals surface area contributed by atoms with Gasteiger partial charge in [0.05, 0.1) is 49.1 Å². The minimum atomic E-state index is -0.411. The van der Waals surface area contributed by atoms with Gasteiger partial charge in [-0.05, 0) is 119 Å². The molecular weight excluding hydrogens is 1790 g/mol. The van der Waals surface area contributed by atoms with Crippen LogP contribution >= 0.6 is 0 Å². The van der Waals surface area contributed by atoms with E-state index in [4.69, 9.17) is 15.7 Å². The van der Waals surface area contributed by atoms with E-state index in [0.29, 0.717) is 29.3 Å². The maximum absolute atomic E-state index is 7.98. The average Bonchev–Trinajstić information content (AvgIpc) is 1.56. The van der Waals surface area contributed by atoms with Gasteiger partial charge in [0.25, 0.3) is 17.5 Å². The molecule has 0 fully saturated rings. The Kier molecular flexibility index (Phi) is 22.0. The molecule has 8 aliphatic rings. The molecule has 27 rings (SSSR count). The minimum absolute atomic E-state index is 0. The van der Waals surface area contributed by atoms with Crippen molar-refractivity contribution in [3.8, 4) is 79.5 Å². The van der Waals surface area contributed by atoms with Gasteiger partial charge in [0.15, 0.2) is 23.8 Å². The number of allylic oxidation sites excluding steroid dienone is 4. The molecular formula is C119H101IrN11O+2. The molecule has 0 amide bonds. The number of anilines is 1. The molecule has 13 heteroatoms. The Labute approximate surface area is 797 Å². The van der Waals surface area contributed by atoms with Gasteiger partial charge in [0.1, 0.15) is 69.0 Å². The van der Waals surface area contributed by atoms with Crippen molar-refractivity contribution in [1.82, 2.24) is 28.6 Å². The first kappa shape index (κ1) is 76.5. The van der Waals surface area contributed by atoms with Crippen molar-refractivity contribution >= 4 is 43.8 Å². The van der Waals surface area contributed by atoms with Crippen LogP contribution in [-0.2, 0) is 52.7 Å². The van der Waals surface area contributed by atoms with E-state index in [1.807, 2.05) is 84.9 Å². The number of hydrogen-bond donors (Lipinski definition) is 0. The van der Waals surface area contributed by atoms with Crippen molar-refractivity contribution in [2.24, 2.45) is 0 Å². The Balaban J connectivity index is 0.000000105. The molecule has 13 aromatic carbocycles. The molecule has 0 saturated heterocycles. The van der Waals surface area contributed by atoms with Gasteiger partial charge in [-0.2, -0.15) is 18.3 Å². The summed E-state index contributed by atoms with van der Waals surface area (Å²) in [6.45, 7) is 15.9. The molecule has 6 aromatic heterocycles. The predicted octanol–water partition coefficient (Wildman–Crippen LogP) is 25.1. The number of ether oxygens (including phenoxy) is 1. The van der Waals surface area contributed by atoms with Crippen LogP contribution in [0.3, 0.4) is 0 Å². The van der Waals surface area contributed by atoms with Crippen LogP contribution < -0.4 is 27.9 Å². The molecule has 0 N–H and O–H groups in total. The second-order valence-corrected chi connectivity index (χ2v) is 33.4. The molecule has 19 aromatic rings. The van der Waals surface area contributed by atoms with Crippen molar-refractivity contribution in [1.29, 1.82) is 0 Å². The average molecular weight is 1900 g/mol. The van der Waals surface area contributed by atoms with E-state index in [-0.39, 0.29) is 81.7 Å². The van der Waals surface area contributed by atoms with Gasteiger partial charge in [-0.25, -0.2) is 13.7 Å². The fourth-order valence-corrected chi connectivity index (χ4v) is 18.8. The Morgan fingerprint density at radius 3 is 1.72 bits per heavy atom. The van der Waals surface area contributed by atoms with E-state index in [1.165, 1.54) is 133 Å². The first-order valence-corrected chi connectivity index (χ1v) is 44.2. The number of benzene rings is 13. The largest absolute Gasteiger partial charge is 0.527 e. The fourth-order valence-electron chi connectivity index (χ4n) is 18.8. The molecule has 1 atom stereocenters. The summed E-state index contributed by atoms with van der Waals surface area (Å²) < 4.78 is 83.8. The maximum atomic E-state index is 7.98. The Morgan fingerprint density at radius 2 is 1.02 bits per heavy atom. The van der Waals surface area contributed by atoms with Crippen LogP contribution in [-0.4, -0.2) is 34.7 Å². The normalized spacial score (nSPS) is 14.5. The monoisotopic (exact) mass is 1900 g/mol. The van der Waals surface area contributed by atoms with Crippen molar-refractivity contribution in [3.63, 3.8) is 0 Å². The number of rotatable bonds is 7. The third-order valence-corrected chi connectivity index (χ3v) is 24.8. The number of nitrogens with zero attached hydrogens (tertiary/aromatic N) is 11. The molecule has 8 aliphatic heterocycles. The summed E-state index contributed by atoms with van der Waals surface area (Å²) in [7, 11) is 0. The first-order valence-electron chi connectivity index (χ1n) is 48.2. The number of hydrogen-bond acceptors (Lipinski definition) is 5. The molecule has 1 radical (unpaired) electrons. The fraction of sp³-hybridized carbons (Fsp3) is 0.109. The topological polar surface area (TPSA) is 71.8 Å². The molecule has 14 heterocycles. The van der Waals surface area contributed by atoms with E-state index in [2.05, 4.69) is 373 Å². The molecule has 1 unspecified atom stereocenters. The summed E-state index contributed by atoms with van der Waals surface area (Å²) in [5, 5.41) is 5.11. The Morgan fingerprint density at radius 1 is 0.470 bits per heavy atom. The number of fused-ring (bicyclic) bond motifs is 22. The molecule has 0 aliphatic carbocycles. The zero-order valence-corrected chi connectivity index (χ0v) is 75.3. The summed E-state index contributed by atoms with van der Waals surface area (Å²) in [4.78, 5) is 13.2. The Bertz CT molecular complexity index is 8010. The third-order valence-electron chi connectivity index (χ3n) is 24.8. The van der Waals surface area contributed by atoms with Crippen LogP contribution in [0.25, 0.3) is 112 Å². The van der Waals surface area contributed by atoms with Crippen LogP contribution in [0.4, 0.5) is 5.69 Å². The molecule has 645 valence electrons. The summed E-state index contributed by atoms with van der Waals surface area (Å²) >= 11 is 0. The van der Waals surface area contributed by atoms with Crippen molar-refractivity contribution in [3.05, 3.63) is 506 Å². The van der Waals surface area contributed by atoms with Gasteiger partial charge < -0.3 is 19.5 Å². The van der Waals surface area contributed by atoms with Crippen LogP contribution in [0.15, 0.2) is 444 Å². The van der Waals surface area contributed by atoms with Gasteiger partial charge in [0.2, 0.25) is 5.69 Å². The van der Waals surface area contributed by atoms with E-state index in [9.17, 15) is 0 Å². The van der Waals surface area contributed by atoms with Crippen LogP contribution in [0.1, 0.15) is 108 Å². The van der Waals surface area contributed by atoms with E-state index >= 15 is 0 Å². The molecule has 132 heavy (non-hydrogen) atoms. The van der Waals surface area contributed by atoms with Gasteiger partial charge in [-0.1, -0.05) is 295 Å². The number of aromatic nitrogens is 9. The molecule has 12 nitrogen and oxygen atoms in total. The zero-order chi connectivity index (χ0) is 94.5. The van der Waals surface area contributed by atoms with Crippen LogP contribution in [0.5, 0.6) is 5.75 Å². The molecule has 0 saturated carbocycles.